The van der Waals surface area contributed by atoms with Crippen molar-refractivity contribution in [1.82, 2.24) is 0 Å². The van der Waals surface area contributed by atoms with Crippen LogP contribution in [0.25, 0.3) is 17.2 Å². The first kappa shape index (κ1) is 13.5. The lowest BCUT2D eigenvalue weighted by atomic mass is 9.92. The summed E-state index contributed by atoms with van der Waals surface area (Å²) in [4.78, 5) is 0. The lowest BCUT2D eigenvalue weighted by molar-refractivity contribution is 0.619. The van der Waals surface area contributed by atoms with Gasteiger partial charge in [-0.3, -0.25) is 0 Å². The standard InChI is InChI=1S/C18H19F/c1-5-6-16-13(3)9-12(2)10-17(16)15-7-8-18(19)14(4)11-15/h5-11H,1-4H3/b6-5+. The van der Waals surface area contributed by atoms with Gasteiger partial charge in [0.25, 0.3) is 0 Å². The Labute approximate surface area is 114 Å². The Morgan fingerprint density at radius 1 is 0.947 bits per heavy atom. The van der Waals surface area contributed by atoms with Crippen molar-refractivity contribution in [2.45, 2.75) is 27.7 Å². The smallest absolute Gasteiger partial charge is 0.126 e. The Kier molecular flexibility index (Phi) is 3.84. The van der Waals surface area contributed by atoms with Crippen LogP contribution >= 0.6 is 0 Å². The molecule has 98 valence electrons. The zero-order chi connectivity index (χ0) is 14.0. The fourth-order valence-electron chi connectivity index (χ4n) is 2.42. The minimum absolute atomic E-state index is 0.152. The molecule has 0 unspecified atom stereocenters. The lowest BCUT2D eigenvalue weighted by Gasteiger charge is -2.12. The molecule has 0 N–H and O–H groups in total. The van der Waals surface area contributed by atoms with E-state index in [1.807, 2.05) is 25.1 Å². The van der Waals surface area contributed by atoms with Crippen LogP contribution < -0.4 is 0 Å². The van der Waals surface area contributed by atoms with Crippen LogP contribution in [0, 0.1) is 26.6 Å². The van der Waals surface area contributed by atoms with Crippen molar-refractivity contribution in [2.24, 2.45) is 0 Å². The zero-order valence-corrected chi connectivity index (χ0v) is 11.9. The Morgan fingerprint density at radius 2 is 1.68 bits per heavy atom. The van der Waals surface area contributed by atoms with Crippen molar-refractivity contribution in [3.63, 3.8) is 0 Å². The van der Waals surface area contributed by atoms with E-state index in [0.717, 1.165) is 5.56 Å². The van der Waals surface area contributed by atoms with Gasteiger partial charge < -0.3 is 0 Å². The van der Waals surface area contributed by atoms with Gasteiger partial charge in [-0.2, -0.15) is 0 Å². The van der Waals surface area contributed by atoms with E-state index in [1.165, 1.54) is 22.3 Å². The molecular weight excluding hydrogens is 235 g/mol. The minimum Gasteiger partial charge on any atom is -0.207 e. The number of allylic oxidation sites excluding steroid dienone is 1. The lowest BCUT2D eigenvalue weighted by Crippen LogP contribution is -1.91. The maximum atomic E-state index is 13.4. The largest absolute Gasteiger partial charge is 0.207 e. The first-order valence-electron chi connectivity index (χ1n) is 6.53. The first-order chi connectivity index (χ1) is 9.02. The molecule has 0 nitrogen and oxygen atoms in total. The summed E-state index contributed by atoms with van der Waals surface area (Å²) in [6.45, 7) is 8.02. The average molecular weight is 254 g/mol. The van der Waals surface area contributed by atoms with Crippen molar-refractivity contribution in [3.05, 3.63) is 64.5 Å². The third-order valence-electron chi connectivity index (χ3n) is 3.33. The molecule has 0 aliphatic carbocycles. The second-order valence-electron chi connectivity index (χ2n) is 5.01. The Bertz CT molecular complexity index is 636. The third-order valence-corrected chi connectivity index (χ3v) is 3.33. The van der Waals surface area contributed by atoms with Crippen LogP contribution in [-0.4, -0.2) is 0 Å². The van der Waals surface area contributed by atoms with Gasteiger partial charge in [-0.1, -0.05) is 35.9 Å². The second-order valence-corrected chi connectivity index (χ2v) is 5.01. The van der Waals surface area contributed by atoms with Crippen LogP contribution in [0.1, 0.15) is 29.2 Å². The van der Waals surface area contributed by atoms with Crippen molar-refractivity contribution >= 4 is 6.08 Å². The normalized spacial score (nSPS) is 11.2. The maximum absolute atomic E-state index is 13.4. The second kappa shape index (κ2) is 5.40. The highest BCUT2D eigenvalue weighted by atomic mass is 19.1. The van der Waals surface area contributed by atoms with E-state index in [4.69, 9.17) is 0 Å². The van der Waals surface area contributed by atoms with Gasteiger partial charge in [0.2, 0.25) is 0 Å². The van der Waals surface area contributed by atoms with E-state index >= 15 is 0 Å². The number of benzene rings is 2. The van der Waals surface area contributed by atoms with Crippen molar-refractivity contribution in [1.29, 1.82) is 0 Å². The highest BCUT2D eigenvalue weighted by molar-refractivity contribution is 5.78. The molecule has 0 amide bonds. The molecule has 0 bridgehead atoms. The molecule has 2 rings (SSSR count). The van der Waals surface area contributed by atoms with Crippen molar-refractivity contribution in [2.75, 3.05) is 0 Å². The van der Waals surface area contributed by atoms with E-state index in [9.17, 15) is 4.39 Å². The van der Waals surface area contributed by atoms with Crippen LogP contribution in [0.2, 0.25) is 0 Å². The van der Waals surface area contributed by atoms with Crippen molar-refractivity contribution < 1.29 is 4.39 Å². The predicted octanol–water partition coefficient (Wildman–Crippen LogP) is 5.45. The summed E-state index contributed by atoms with van der Waals surface area (Å²) in [6.07, 6.45) is 4.15. The van der Waals surface area contributed by atoms with E-state index in [1.54, 1.807) is 13.0 Å². The SMILES string of the molecule is C/C=C/c1c(C)cc(C)cc1-c1ccc(F)c(C)c1. The number of hydrogen-bond donors (Lipinski definition) is 0. The Balaban J connectivity index is 2.69. The number of aryl methyl sites for hydroxylation is 3. The molecule has 0 spiro atoms. The number of halogens is 1. The van der Waals surface area contributed by atoms with Gasteiger partial charge in [0.15, 0.2) is 0 Å². The Hall–Kier alpha value is -1.89. The number of rotatable bonds is 2. The van der Waals surface area contributed by atoms with E-state index in [0.29, 0.717) is 5.56 Å². The molecule has 0 aliphatic rings. The molecule has 1 heteroatoms. The van der Waals surface area contributed by atoms with Gasteiger partial charge in [-0.05, 0) is 67.6 Å². The first-order valence-corrected chi connectivity index (χ1v) is 6.53. The topological polar surface area (TPSA) is 0 Å². The van der Waals surface area contributed by atoms with Gasteiger partial charge in [0.05, 0.1) is 0 Å². The molecule has 0 saturated carbocycles. The molecule has 0 atom stereocenters. The van der Waals surface area contributed by atoms with Crippen molar-refractivity contribution in [3.8, 4) is 11.1 Å². The summed E-state index contributed by atoms with van der Waals surface area (Å²) < 4.78 is 13.4. The van der Waals surface area contributed by atoms with Gasteiger partial charge in [-0.15, -0.1) is 0 Å². The molecule has 0 aromatic heterocycles. The van der Waals surface area contributed by atoms with E-state index in [-0.39, 0.29) is 5.82 Å². The van der Waals surface area contributed by atoms with Crippen LogP contribution in [-0.2, 0) is 0 Å². The molecule has 2 aromatic carbocycles. The van der Waals surface area contributed by atoms with Crippen LogP contribution in [0.4, 0.5) is 4.39 Å². The fraction of sp³-hybridized carbons (Fsp3) is 0.222. The quantitative estimate of drug-likeness (QED) is 0.668. The zero-order valence-electron chi connectivity index (χ0n) is 11.9. The Morgan fingerprint density at radius 3 is 2.32 bits per heavy atom. The average Bonchev–Trinajstić information content (AvgIpc) is 2.36. The highest BCUT2D eigenvalue weighted by Gasteiger charge is 2.08. The van der Waals surface area contributed by atoms with Crippen LogP contribution in [0.5, 0.6) is 0 Å². The monoisotopic (exact) mass is 254 g/mol. The molecular formula is C18H19F. The molecule has 0 heterocycles. The summed E-state index contributed by atoms with van der Waals surface area (Å²) in [6, 6.07) is 9.64. The predicted molar refractivity (Wildman–Crippen MR) is 80.8 cm³/mol. The molecule has 2 aromatic rings. The molecule has 0 saturated heterocycles. The highest BCUT2D eigenvalue weighted by Crippen LogP contribution is 2.30. The fourth-order valence-corrected chi connectivity index (χ4v) is 2.42. The molecule has 19 heavy (non-hydrogen) atoms. The summed E-state index contributed by atoms with van der Waals surface area (Å²) >= 11 is 0. The summed E-state index contributed by atoms with van der Waals surface area (Å²) in [5, 5.41) is 0. The summed E-state index contributed by atoms with van der Waals surface area (Å²) in [5.74, 6) is -0.152. The van der Waals surface area contributed by atoms with Gasteiger partial charge in [0.1, 0.15) is 5.82 Å². The minimum atomic E-state index is -0.152. The van der Waals surface area contributed by atoms with Gasteiger partial charge in [0, 0.05) is 0 Å². The van der Waals surface area contributed by atoms with Gasteiger partial charge in [-0.25, -0.2) is 4.39 Å². The molecule has 0 aliphatic heterocycles. The third kappa shape index (κ3) is 2.76. The molecule has 0 radical (unpaired) electrons. The summed E-state index contributed by atoms with van der Waals surface area (Å²) in [5.41, 5.74) is 6.59. The maximum Gasteiger partial charge on any atom is 0.126 e. The van der Waals surface area contributed by atoms with E-state index < -0.39 is 0 Å². The number of hydrogen-bond acceptors (Lipinski definition) is 0. The molecule has 0 fully saturated rings. The van der Waals surface area contributed by atoms with Crippen LogP contribution in [0.3, 0.4) is 0 Å². The van der Waals surface area contributed by atoms with Crippen LogP contribution in [0.15, 0.2) is 36.4 Å². The van der Waals surface area contributed by atoms with Gasteiger partial charge >= 0.3 is 0 Å². The van der Waals surface area contributed by atoms with E-state index in [2.05, 4.69) is 32.1 Å². The summed E-state index contributed by atoms with van der Waals surface area (Å²) in [7, 11) is 0.